The summed E-state index contributed by atoms with van der Waals surface area (Å²) in [6, 6.07) is 23.2. The minimum absolute atomic E-state index is 0. The predicted octanol–water partition coefficient (Wildman–Crippen LogP) is -3.15. The Labute approximate surface area is 275 Å². The summed E-state index contributed by atoms with van der Waals surface area (Å²) in [4.78, 5) is 37.1. The molecule has 0 fully saturated rings. The van der Waals surface area contributed by atoms with Gasteiger partial charge < -0.3 is 0 Å². The van der Waals surface area contributed by atoms with E-state index in [2.05, 4.69) is 30.3 Å². The summed E-state index contributed by atoms with van der Waals surface area (Å²) in [6.07, 6.45) is 7.07. The van der Waals surface area contributed by atoms with Crippen LogP contribution in [0.5, 0.6) is 0 Å². The van der Waals surface area contributed by atoms with Gasteiger partial charge in [0, 0.05) is 24.8 Å². The molecule has 0 spiro atoms. The van der Waals surface area contributed by atoms with E-state index in [1.807, 2.05) is 72.8 Å². The molecule has 0 atom stereocenters. The third kappa shape index (κ3) is 22.8. The van der Waals surface area contributed by atoms with Crippen molar-refractivity contribution in [2.75, 3.05) is 0 Å². The summed E-state index contributed by atoms with van der Waals surface area (Å²) in [7, 11) is -9.89. The van der Waals surface area contributed by atoms with E-state index in [0.29, 0.717) is 0 Å². The SMILES string of the molecule is CC(C)(N=O)C(C)(C)N=O.[O-][Cl+3]([O-])([O-])[O-].[O-][Cl+3]([O-])([O-])[O-].[Ru+2].c1ccc(-c2ccccn2)nc1.c1ccc(-c2ccccn2)nc1. The molecule has 16 nitrogen and oxygen atoms in total. The quantitative estimate of drug-likeness (QED) is 0.144. The molecule has 0 saturated carbocycles. The second kappa shape index (κ2) is 21.4. The summed E-state index contributed by atoms with van der Waals surface area (Å²) in [5.74, 6) is 0. The van der Waals surface area contributed by atoms with Crippen molar-refractivity contribution >= 4 is 0 Å². The van der Waals surface area contributed by atoms with Crippen molar-refractivity contribution in [2.45, 2.75) is 38.8 Å². The minimum atomic E-state index is -4.94. The Bertz CT molecular complexity index is 1150. The predicted molar refractivity (Wildman–Crippen MR) is 135 cm³/mol. The number of rotatable bonds is 5. The van der Waals surface area contributed by atoms with Gasteiger partial charge in [0.15, 0.2) is 0 Å². The molecule has 0 aromatic carbocycles. The standard InChI is InChI=1S/2C10H8N2.C6H12N2O2.2ClHO4.Ru/c2*1-3-7-11-9(5-1)10-6-2-4-8-12-10;1-5(2,7-9)6(3,4)8-10;2*2-1(3,4)5;/h2*1-8H;1-4H3;2*(H,2,3,4,5);/q;;;;;+2/p-2. The van der Waals surface area contributed by atoms with Crippen molar-refractivity contribution in [3.63, 3.8) is 0 Å². The number of hydrogen-bond donors (Lipinski definition) is 0. The zero-order valence-corrected chi connectivity index (χ0v) is 27.4. The molecule has 0 saturated heterocycles. The van der Waals surface area contributed by atoms with E-state index in [1.54, 1.807) is 52.5 Å². The van der Waals surface area contributed by atoms with Crippen LogP contribution >= 0.6 is 0 Å². The molecule has 0 aliphatic rings. The van der Waals surface area contributed by atoms with Crippen LogP contribution in [0.25, 0.3) is 22.8 Å². The van der Waals surface area contributed by atoms with Gasteiger partial charge in [-0.15, -0.1) is 20.5 Å². The van der Waals surface area contributed by atoms with Gasteiger partial charge in [-0.3, -0.25) is 19.9 Å². The van der Waals surface area contributed by atoms with Gasteiger partial charge >= 0.3 is 19.5 Å². The summed E-state index contributed by atoms with van der Waals surface area (Å²) in [5, 5.41) is 5.64. The Morgan fingerprint density at radius 3 is 0.756 bits per heavy atom. The molecule has 0 bridgehead atoms. The maximum Gasteiger partial charge on any atom is 2.00 e. The fraction of sp³-hybridized carbons (Fsp3) is 0.231. The molecular formula is C26H28Cl2N6O10Ru. The van der Waals surface area contributed by atoms with E-state index >= 15 is 0 Å². The fourth-order valence-corrected chi connectivity index (χ4v) is 2.28. The van der Waals surface area contributed by atoms with Crippen LogP contribution in [0.15, 0.2) is 108 Å². The zero-order valence-electron chi connectivity index (χ0n) is 24.1. The van der Waals surface area contributed by atoms with E-state index < -0.39 is 31.6 Å². The van der Waals surface area contributed by atoms with E-state index in [4.69, 9.17) is 37.3 Å². The Hall–Kier alpha value is -3.32. The van der Waals surface area contributed by atoms with Gasteiger partial charge in [-0.25, -0.2) is 37.3 Å². The summed E-state index contributed by atoms with van der Waals surface area (Å²) in [6.45, 7) is 6.34. The van der Waals surface area contributed by atoms with Gasteiger partial charge in [0.05, 0.1) is 22.8 Å². The second-order valence-corrected chi connectivity index (χ2v) is 10.4. The average molecular weight is 757 g/mol. The normalized spacial score (nSPS) is 10.7. The number of nitroso groups, excluding NO2 is 2. The van der Waals surface area contributed by atoms with Gasteiger partial charge in [-0.05, 0) is 76.2 Å². The number of hydrogen-bond acceptors (Lipinski definition) is 16. The van der Waals surface area contributed by atoms with Crippen molar-refractivity contribution in [1.82, 2.24) is 19.9 Å². The first-order valence-corrected chi connectivity index (χ1v) is 14.3. The first-order valence-electron chi connectivity index (χ1n) is 11.9. The van der Waals surface area contributed by atoms with E-state index in [-0.39, 0.29) is 19.5 Å². The first kappa shape index (κ1) is 43.8. The van der Waals surface area contributed by atoms with E-state index in [0.717, 1.165) is 22.8 Å². The molecule has 4 heterocycles. The second-order valence-electron chi connectivity index (χ2n) is 8.92. The van der Waals surface area contributed by atoms with Crippen molar-refractivity contribution in [3.8, 4) is 22.8 Å². The molecule has 244 valence electrons. The number of aromatic nitrogens is 4. The third-order valence-corrected chi connectivity index (χ3v) is 5.14. The maximum absolute atomic E-state index is 10.2. The number of nitrogens with zero attached hydrogens (tertiary/aromatic N) is 6. The summed E-state index contributed by atoms with van der Waals surface area (Å²) < 4.78 is 67.9. The van der Waals surface area contributed by atoms with Crippen LogP contribution in [0.4, 0.5) is 0 Å². The van der Waals surface area contributed by atoms with E-state index in [1.165, 1.54) is 0 Å². The van der Waals surface area contributed by atoms with Crippen LogP contribution in [-0.2, 0) is 19.5 Å². The third-order valence-electron chi connectivity index (χ3n) is 5.14. The molecule has 0 aliphatic heterocycles. The van der Waals surface area contributed by atoms with Crippen molar-refractivity contribution in [1.29, 1.82) is 0 Å². The molecule has 4 aromatic heterocycles. The molecule has 0 radical (unpaired) electrons. The van der Waals surface area contributed by atoms with Crippen molar-refractivity contribution in [2.24, 2.45) is 10.4 Å². The molecule has 0 N–H and O–H groups in total. The number of pyridine rings is 4. The molecule has 4 rings (SSSR count). The Balaban J connectivity index is 0. The van der Waals surface area contributed by atoms with Crippen LogP contribution in [0.3, 0.4) is 0 Å². The van der Waals surface area contributed by atoms with Crippen LogP contribution in [0, 0.1) is 30.3 Å². The molecule has 0 aliphatic carbocycles. The maximum atomic E-state index is 10.2. The summed E-state index contributed by atoms with van der Waals surface area (Å²) >= 11 is 0. The van der Waals surface area contributed by atoms with E-state index in [9.17, 15) is 9.81 Å². The monoisotopic (exact) mass is 756 g/mol. The van der Waals surface area contributed by atoms with Crippen LogP contribution in [0.2, 0.25) is 0 Å². The van der Waals surface area contributed by atoms with Gasteiger partial charge in [-0.2, -0.15) is 9.81 Å². The van der Waals surface area contributed by atoms with Crippen molar-refractivity contribution < 1.29 is 77.2 Å². The molecule has 45 heavy (non-hydrogen) atoms. The molecule has 4 aromatic rings. The van der Waals surface area contributed by atoms with Gasteiger partial charge in [0.1, 0.15) is 11.1 Å². The van der Waals surface area contributed by atoms with Crippen molar-refractivity contribution in [3.05, 3.63) is 107 Å². The van der Waals surface area contributed by atoms with Gasteiger partial charge in [-0.1, -0.05) is 34.6 Å². The van der Waals surface area contributed by atoms with Gasteiger partial charge in [0.2, 0.25) is 0 Å². The summed E-state index contributed by atoms with van der Waals surface area (Å²) in [5.41, 5.74) is 1.82. The molecular weight excluding hydrogens is 728 g/mol. The van der Waals surface area contributed by atoms with Crippen LogP contribution in [-0.4, -0.2) is 31.0 Å². The molecule has 19 heteroatoms. The molecule has 0 amide bonds. The fourth-order valence-electron chi connectivity index (χ4n) is 2.28. The Morgan fingerprint density at radius 1 is 0.467 bits per heavy atom. The largest absolute Gasteiger partial charge is 2.00 e. The molecule has 0 unspecified atom stereocenters. The number of halogens is 2. The van der Waals surface area contributed by atoms with Crippen LogP contribution < -0.4 is 37.3 Å². The Kier molecular flexibility index (Phi) is 20.9. The average Bonchev–Trinajstić information content (AvgIpc) is 2.98. The van der Waals surface area contributed by atoms with Gasteiger partial charge in [0.25, 0.3) is 0 Å². The van der Waals surface area contributed by atoms with Crippen LogP contribution in [0.1, 0.15) is 27.7 Å². The zero-order chi connectivity index (χ0) is 33.9. The minimum Gasteiger partial charge on any atom is -0.255 e. The first-order chi connectivity index (χ1) is 20.3. The smallest absolute Gasteiger partial charge is 0.255 e. The Morgan fingerprint density at radius 2 is 0.644 bits per heavy atom. The topological polar surface area (TPSA) is 295 Å².